The Hall–Kier alpha value is -3.85. The highest BCUT2D eigenvalue weighted by Crippen LogP contribution is 2.36. The zero-order valence-electron chi connectivity index (χ0n) is 21.1. The average molecular weight is 494 g/mol. The summed E-state index contributed by atoms with van der Waals surface area (Å²) in [7, 11) is 1.46. The highest BCUT2D eigenvalue weighted by Gasteiger charge is 2.28. The minimum absolute atomic E-state index is 0.141. The lowest BCUT2D eigenvalue weighted by Gasteiger charge is -2.20. The number of rotatable bonds is 10. The summed E-state index contributed by atoms with van der Waals surface area (Å²) >= 11 is 0. The molecule has 1 fully saturated rings. The number of carbonyl (C=O) groups excluding carboxylic acids is 2. The number of aromatic nitrogens is 2. The number of anilines is 1. The van der Waals surface area contributed by atoms with Crippen molar-refractivity contribution in [2.45, 2.75) is 51.6 Å². The second kappa shape index (κ2) is 11.7. The molecule has 1 unspecified atom stereocenters. The van der Waals surface area contributed by atoms with Crippen LogP contribution in [0.15, 0.2) is 54.3 Å². The number of nitrogens with zero attached hydrogens (tertiary/aromatic N) is 2. The summed E-state index contributed by atoms with van der Waals surface area (Å²) in [4.78, 5) is 25.1. The number of primary amides is 1. The molecule has 1 aliphatic carbocycles. The molecular weight excluding hydrogens is 458 g/mol. The second-order valence-corrected chi connectivity index (χ2v) is 8.88. The molecule has 0 spiro atoms. The van der Waals surface area contributed by atoms with E-state index in [1.165, 1.54) is 7.11 Å². The molecule has 1 aromatic heterocycles. The summed E-state index contributed by atoms with van der Waals surface area (Å²) in [6, 6.07) is 4.89. The number of carbonyl (C=O) groups is 2. The SMILES string of the molecule is C=C(C(=O)NC(CO)c1ccc(-c2nn(C3CCCC3)c(N)c2C(N)=O)cc1C)/C(=C\C=C/C)OC. The Labute approximate surface area is 211 Å². The van der Waals surface area contributed by atoms with Crippen LogP contribution in [0.3, 0.4) is 0 Å². The molecule has 0 bridgehead atoms. The highest BCUT2D eigenvalue weighted by molar-refractivity contribution is 6.03. The maximum absolute atomic E-state index is 12.8. The molecule has 2 aromatic rings. The van der Waals surface area contributed by atoms with E-state index in [1.54, 1.807) is 35.0 Å². The van der Waals surface area contributed by atoms with E-state index in [4.69, 9.17) is 16.2 Å². The van der Waals surface area contributed by atoms with Crippen LogP contribution in [0.4, 0.5) is 5.82 Å². The van der Waals surface area contributed by atoms with Crippen molar-refractivity contribution in [3.05, 3.63) is 71.0 Å². The van der Waals surface area contributed by atoms with E-state index in [1.807, 2.05) is 19.9 Å². The third-order valence-electron chi connectivity index (χ3n) is 6.50. The largest absolute Gasteiger partial charge is 0.496 e. The quantitative estimate of drug-likeness (QED) is 0.226. The maximum Gasteiger partial charge on any atom is 0.254 e. The summed E-state index contributed by atoms with van der Waals surface area (Å²) < 4.78 is 6.98. The van der Waals surface area contributed by atoms with Gasteiger partial charge in [-0.1, -0.05) is 43.7 Å². The predicted molar refractivity (Wildman–Crippen MR) is 140 cm³/mol. The third kappa shape index (κ3) is 5.52. The molecule has 3 rings (SSSR count). The van der Waals surface area contributed by atoms with Gasteiger partial charge >= 0.3 is 0 Å². The number of aliphatic hydroxyl groups excluding tert-OH is 1. The van der Waals surface area contributed by atoms with Gasteiger partial charge in [0.25, 0.3) is 11.8 Å². The minimum Gasteiger partial charge on any atom is -0.496 e. The number of benzene rings is 1. The zero-order valence-corrected chi connectivity index (χ0v) is 21.1. The molecule has 0 radical (unpaired) electrons. The van der Waals surface area contributed by atoms with E-state index in [2.05, 4.69) is 17.0 Å². The highest BCUT2D eigenvalue weighted by atomic mass is 16.5. The molecule has 0 aliphatic heterocycles. The van der Waals surface area contributed by atoms with E-state index in [-0.39, 0.29) is 29.6 Å². The summed E-state index contributed by atoms with van der Waals surface area (Å²) in [5.74, 6) is -0.490. The van der Waals surface area contributed by atoms with E-state index < -0.39 is 17.9 Å². The van der Waals surface area contributed by atoms with Gasteiger partial charge in [0.05, 0.1) is 31.4 Å². The molecule has 2 amide bonds. The van der Waals surface area contributed by atoms with Gasteiger partial charge in [-0.2, -0.15) is 5.10 Å². The molecule has 9 nitrogen and oxygen atoms in total. The number of allylic oxidation sites excluding steroid dienone is 3. The van der Waals surface area contributed by atoms with Crippen molar-refractivity contribution in [1.29, 1.82) is 0 Å². The molecule has 192 valence electrons. The number of aliphatic hydroxyl groups is 1. The first kappa shape index (κ1) is 26.7. The monoisotopic (exact) mass is 493 g/mol. The summed E-state index contributed by atoms with van der Waals surface area (Å²) in [6.45, 7) is 7.20. The van der Waals surface area contributed by atoms with Crippen LogP contribution in [0.1, 0.15) is 66.2 Å². The van der Waals surface area contributed by atoms with Crippen LogP contribution >= 0.6 is 0 Å². The van der Waals surface area contributed by atoms with E-state index in [0.717, 1.165) is 31.2 Å². The summed E-state index contributed by atoms with van der Waals surface area (Å²) in [6.07, 6.45) is 9.29. The molecule has 9 heteroatoms. The standard InChI is InChI=1S/C27H35N5O4/c1-5-6-11-22(36-4)17(3)27(35)30-21(15-33)20-13-12-18(14-16(20)2)24-23(26(29)34)25(28)32(31-24)19-9-7-8-10-19/h5-6,11-14,19,21,33H,3,7-10,15,28H2,1-2,4H3,(H2,29,34)(H,30,35)/b6-5-,22-11+. The lowest BCUT2D eigenvalue weighted by molar-refractivity contribution is -0.118. The van der Waals surface area contributed by atoms with Crippen LogP contribution < -0.4 is 16.8 Å². The first-order valence-electron chi connectivity index (χ1n) is 12.0. The number of nitrogens with one attached hydrogen (secondary N) is 1. The summed E-state index contributed by atoms with van der Waals surface area (Å²) in [5.41, 5.74) is 14.9. The first-order valence-corrected chi connectivity index (χ1v) is 12.0. The fourth-order valence-electron chi connectivity index (χ4n) is 4.59. The van der Waals surface area contributed by atoms with E-state index in [0.29, 0.717) is 22.6 Å². The third-order valence-corrected chi connectivity index (χ3v) is 6.50. The lowest BCUT2D eigenvalue weighted by atomic mass is 9.96. The molecule has 1 aromatic carbocycles. The number of nitrogen functional groups attached to an aromatic ring is 1. The van der Waals surface area contributed by atoms with Gasteiger partial charge in [0.2, 0.25) is 0 Å². The Morgan fingerprint density at radius 3 is 2.61 bits per heavy atom. The molecule has 1 heterocycles. The van der Waals surface area contributed by atoms with Crippen LogP contribution in [0.5, 0.6) is 0 Å². The molecule has 0 saturated heterocycles. The Morgan fingerprint density at radius 1 is 1.36 bits per heavy atom. The topological polar surface area (TPSA) is 145 Å². The van der Waals surface area contributed by atoms with Crippen LogP contribution in [-0.2, 0) is 9.53 Å². The van der Waals surface area contributed by atoms with Gasteiger partial charge in [-0.25, -0.2) is 4.68 Å². The molecule has 6 N–H and O–H groups in total. The number of amides is 2. The van der Waals surface area contributed by atoms with E-state index >= 15 is 0 Å². The molecule has 1 atom stereocenters. The number of methoxy groups -OCH3 is 1. The minimum atomic E-state index is -0.681. The zero-order chi connectivity index (χ0) is 26.4. The molecule has 1 aliphatic rings. The number of hydrogen-bond donors (Lipinski definition) is 4. The van der Waals surface area contributed by atoms with Crippen LogP contribution in [0.2, 0.25) is 0 Å². The Balaban J connectivity index is 1.90. The Bertz CT molecular complexity index is 1200. The van der Waals surface area contributed by atoms with Crippen LogP contribution in [0.25, 0.3) is 11.3 Å². The smallest absolute Gasteiger partial charge is 0.254 e. The average Bonchev–Trinajstić information content (AvgIpc) is 3.50. The fraction of sp³-hybridized carbons (Fsp3) is 0.370. The van der Waals surface area contributed by atoms with Crippen LogP contribution in [-0.4, -0.2) is 40.4 Å². The Kier molecular flexibility index (Phi) is 8.71. The van der Waals surface area contributed by atoms with Crippen molar-refractivity contribution in [3.8, 4) is 11.3 Å². The van der Waals surface area contributed by atoms with Crippen molar-refractivity contribution in [3.63, 3.8) is 0 Å². The number of aryl methyl sites for hydroxylation is 1. The van der Waals surface area contributed by atoms with Crippen molar-refractivity contribution in [1.82, 2.24) is 15.1 Å². The maximum atomic E-state index is 12.8. The van der Waals surface area contributed by atoms with Crippen molar-refractivity contribution < 1.29 is 19.4 Å². The van der Waals surface area contributed by atoms with Gasteiger partial charge in [0.15, 0.2) is 0 Å². The van der Waals surface area contributed by atoms with Crippen LogP contribution in [0, 0.1) is 6.92 Å². The molecular formula is C27H35N5O4. The Morgan fingerprint density at radius 2 is 2.06 bits per heavy atom. The van der Waals surface area contributed by atoms with Crippen molar-refractivity contribution in [2.24, 2.45) is 5.73 Å². The van der Waals surface area contributed by atoms with Gasteiger partial charge in [-0.15, -0.1) is 0 Å². The van der Waals surface area contributed by atoms with Gasteiger partial charge in [0.1, 0.15) is 22.8 Å². The number of ether oxygens (including phenoxy) is 1. The predicted octanol–water partition coefficient (Wildman–Crippen LogP) is 3.47. The van der Waals surface area contributed by atoms with Gasteiger partial charge < -0.3 is 26.6 Å². The summed E-state index contributed by atoms with van der Waals surface area (Å²) in [5, 5.41) is 17.5. The van der Waals surface area contributed by atoms with Crippen molar-refractivity contribution >= 4 is 17.6 Å². The molecule has 1 saturated carbocycles. The van der Waals surface area contributed by atoms with Gasteiger partial charge in [-0.3, -0.25) is 9.59 Å². The first-order chi connectivity index (χ1) is 17.2. The van der Waals surface area contributed by atoms with E-state index in [9.17, 15) is 14.7 Å². The normalized spacial score (nSPS) is 15.3. The second-order valence-electron chi connectivity index (χ2n) is 8.88. The van der Waals surface area contributed by atoms with Crippen molar-refractivity contribution in [2.75, 3.05) is 19.5 Å². The van der Waals surface area contributed by atoms with Gasteiger partial charge in [0, 0.05) is 5.56 Å². The molecule has 36 heavy (non-hydrogen) atoms. The fourth-order valence-corrected chi connectivity index (χ4v) is 4.59. The number of nitrogens with two attached hydrogens (primary N) is 2. The lowest BCUT2D eigenvalue weighted by Crippen LogP contribution is -2.32. The van der Waals surface area contributed by atoms with Gasteiger partial charge in [-0.05, 0) is 50.0 Å². The number of hydrogen-bond acceptors (Lipinski definition) is 6.